The highest BCUT2D eigenvalue weighted by molar-refractivity contribution is 8.00. The molecule has 1 atom stereocenters. The largest absolute Gasteiger partial charge is 0.352 e. The van der Waals surface area contributed by atoms with Gasteiger partial charge < -0.3 is 5.32 Å². The summed E-state index contributed by atoms with van der Waals surface area (Å²) in [7, 11) is 0. The number of nitrogens with zero attached hydrogens (tertiary/aromatic N) is 2. The molecule has 4 nitrogen and oxygen atoms in total. The Balaban J connectivity index is 1.72. The van der Waals surface area contributed by atoms with Crippen LogP contribution in [0.3, 0.4) is 0 Å². The van der Waals surface area contributed by atoms with Crippen molar-refractivity contribution in [2.75, 3.05) is 0 Å². The maximum atomic E-state index is 12.8. The summed E-state index contributed by atoms with van der Waals surface area (Å²) in [5.41, 5.74) is 1.90. The van der Waals surface area contributed by atoms with E-state index in [1.54, 1.807) is 0 Å². The van der Waals surface area contributed by atoms with Crippen LogP contribution in [0.1, 0.15) is 29.5 Å². The molecule has 1 saturated carbocycles. The summed E-state index contributed by atoms with van der Waals surface area (Å²) in [6.45, 7) is 1.89. The third kappa shape index (κ3) is 3.66. The van der Waals surface area contributed by atoms with Crippen LogP contribution >= 0.6 is 11.8 Å². The molecule has 5 heteroatoms. The summed E-state index contributed by atoms with van der Waals surface area (Å²) in [6.07, 6.45) is 2.15. The van der Waals surface area contributed by atoms with E-state index in [0.29, 0.717) is 6.04 Å². The number of para-hydroxylation sites is 1. The lowest BCUT2D eigenvalue weighted by molar-refractivity contribution is -0.120. The topological polar surface area (TPSA) is 54.9 Å². The van der Waals surface area contributed by atoms with E-state index >= 15 is 0 Å². The summed E-state index contributed by atoms with van der Waals surface area (Å²) >= 11 is 1.50. The quantitative estimate of drug-likeness (QED) is 0.558. The van der Waals surface area contributed by atoms with E-state index < -0.39 is 0 Å². The Kier molecular flexibility index (Phi) is 4.40. The van der Waals surface area contributed by atoms with Crippen molar-refractivity contribution in [2.24, 2.45) is 0 Å². The minimum atomic E-state index is -0.320. The maximum absolute atomic E-state index is 12.8. The van der Waals surface area contributed by atoms with Crippen LogP contribution in [-0.4, -0.2) is 21.9 Å². The van der Waals surface area contributed by atoms with Crippen molar-refractivity contribution in [3.8, 4) is 0 Å². The number of nitrogens with one attached hydrogen (secondary N) is 1. The van der Waals surface area contributed by atoms with Gasteiger partial charge >= 0.3 is 0 Å². The maximum Gasteiger partial charge on any atom is 0.238 e. The molecule has 1 fully saturated rings. The van der Waals surface area contributed by atoms with Crippen LogP contribution < -0.4 is 5.32 Å². The highest BCUT2D eigenvalue weighted by atomic mass is 32.2. The SMILES string of the molecule is Cc1nc(S[C@@H](C(=O)NC2CC2)c2ccccc2)c2ccccc2n1. The lowest BCUT2D eigenvalue weighted by atomic mass is 10.1. The van der Waals surface area contributed by atoms with Crippen LogP contribution in [0.4, 0.5) is 0 Å². The summed E-state index contributed by atoms with van der Waals surface area (Å²) < 4.78 is 0. The molecule has 0 spiro atoms. The summed E-state index contributed by atoms with van der Waals surface area (Å²) in [6, 6.07) is 18.2. The first-order chi connectivity index (χ1) is 12.2. The van der Waals surface area contributed by atoms with Gasteiger partial charge in [0.15, 0.2) is 0 Å². The van der Waals surface area contributed by atoms with E-state index in [-0.39, 0.29) is 11.2 Å². The number of hydrogen-bond acceptors (Lipinski definition) is 4. The average Bonchev–Trinajstić information content (AvgIpc) is 3.44. The number of hydrogen-bond donors (Lipinski definition) is 1. The number of carbonyl (C=O) groups is 1. The average molecular weight is 349 g/mol. The van der Waals surface area contributed by atoms with Crippen LogP contribution in [0, 0.1) is 6.92 Å². The van der Waals surface area contributed by atoms with E-state index in [2.05, 4.69) is 15.3 Å². The zero-order valence-corrected chi connectivity index (χ0v) is 14.8. The molecule has 1 N–H and O–H groups in total. The highest BCUT2D eigenvalue weighted by Crippen LogP contribution is 2.38. The molecule has 2 aromatic carbocycles. The molecule has 25 heavy (non-hydrogen) atoms. The highest BCUT2D eigenvalue weighted by Gasteiger charge is 2.29. The van der Waals surface area contributed by atoms with Gasteiger partial charge in [0.05, 0.1) is 5.52 Å². The van der Waals surface area contributed by atoms with E-state index in [9.17, 15) is 4.79 Å². The second kappa shape index (κ2) is 6.84. The van der Waals surface area contributed by atoms with Crippen molar-refractivity contribution in [3.05, 3.63) is 66.0 Å². The molecule has 0 saturated heterocycles. The molecule has 3 aromatic rings. The lowest BCUT2D eigenvalue weighted by Gasteiger charge is -2.17. The Labute approximate surface area is 151 Å². The van der Waals surface area contributed by atoms with Gasteiger partial charge in [0.25, 0.3) is 0 Å². The van der Waals surface area contributed by atoms with Gasteiger partial charge in [-0.15, -0.1) is 0 Å². The fourth-order valence-electron chi connectivity index (χ4n) is 2.77. The second-order valence-electron chi connectivity index (χ2n) is 6.28. The fraction of sp³-hybridized carbons (Fsp3) is 0.250. The molecule has 4 rings (SSSR count). The number of rotatable bonds is 5. The molecule has 1 aromatic heterocycles. The van der Waals surface area contributed by atoms with E-state index in [0.717, 1.165) is 40.2 Å². The fourth-order valence-corrected chi connectivity index (χ4v) is 3.94. The molecule has 1 aliphatic rings. The third-order valence-corrected chi connectivity index (χ3v) is 5.43. The molecular weight excluding hydrogens is 330 g/mol. The number of benzene rings is 2. The Morgan fingerprint density at radius 1 is 1.08 bits per heavy atom. The number of amides is 1. The summed E-state index contributed by atoms with van der Waals surface area (Å²) in [5.74, 6) is 0.773. The van der Waals surface area contributed by atoms with Gasteiger partial charge in [-0.3, -0.25) is 4.79 Å². The molecule has 1 amide bonds. The second-order valence-corrected chi connectivity index (χ2v) is 7.38. The molecule has 126 valence electrons. The van der Waals surface area contributed by atoms with Crippen molar-refractivity contribution in [1.82, 2.24) is 15.3 Å². The number of aryl methyl sites for hydroxylation is 1. The normalized spacial score (nSPS) is 15.1. The Morgan fingerprint density at radius 3 is 2.56 bits per heavy atom. The van der Waals surface area contributed by atoms with Gasteiger partial charge in [-0.05, 0) is 31.4 Å². The molecule has 0 bridgehead atoms. The summed E-state index contributed by atoms with van der Waals surface area (Å²) in [5, 5.41) is 4.65. The predicted molar refractivity (Wildman–Crippen MR) is 100 cm³/mol. The van der Waals surface area contributed by atoms with Crippen molar-refractivity contribution in [2.45, 2.75) is 36.1 Å². The first-order valence-electron chi connectivity index (χ1n) is 8.46. The van der Waals surface area contributed by atoms with Gasteiger partial charge in [-0.1, -0.05) is 60.3 Å². The first kappa shape index (κ1) is 16.1. The number of aromatic nitrogens is 2. The zero-order valence-electron chi connectivity index (χ0n) is 14.0. The van der Waals surface area contributed by atoms with Gasteiger partial charge in [0.1, 0.15) is 16.1 Å². The molecule has 0 unspecified atom stereocenters. The number of carbonyl (C=O) groups excluding carboxylic acids is 1. The zero-order chi connectivity index (χ0) is 17.2. The molecule has 0 aliphatic heterocycles. The molecule has 0 radical (unpaired) electrons. The molecular formula is C20H19N3OS. The van der Waals surface area contributed by atoms with E-state index in [4.69, 9.17) is 0 Å². The Morgan fingerprint density at radius 2 is 1.80 bits per heavy atom. The Bertz CT molecular complexity index is 909. The number of fused-ring (bicyclic) bond motifs is 1. The van der Waals surface area contributed by atoms with Gasteiger partial charge in [-0.25, -0.2) is 9.97 Å². The van der Waals surface area contributed by atoms with Crippen molar-refractivity contribution in [3.63, 3.8) is 0 Å². The summed E-state index contributed by atoms with van der Waals surface area (Å²) in [4.78, 5) is 22.0. The van der Waals surface area contributed by atoms with Crippen LogP contribution in [-0.2, 0) is 4.79 Å². The van der Waals surface area contributed by atoms with E-state index in [1.807, 2.05) is 61.5 Å². The van der Waals surface area contributed by atoms with Crippen molar-refractivity contribution >= 4 is 28.6 Å². The predicted octanol–water partition coefficient (Wildman–Crippen LogP) is 4.05. The van der Waals surface area contributed by atoms with Crippen LogP contribution in [0.2, 0.25) is 0 Å². The van der Waals surface area contributed by atoms with Crippen molar-refractivity contribution in [1.29, 1.82) is 0 Å². The lowest BCUT2D eigenvalue weighted by Crippen LogP contribution is -2.29. The van der Waals surface area contributed by atoms with E-state index in [1.165, 1.54) is 11.8 Å². The standard InChI is InChI=1S/C20H19N3OS/c1-13-21-17-10-6-5-9-16(17)20(22-13)25-18(14-7-3-2-4-8-14)19(24)23-15-11-12-15/h2-10,15,18H,11-12H2,1H3,(H,23,24)/t18-/m1/s1. The van der Waals surface area contributed by atoms with Crippen LogP contribution in [0.25, 0.3) is 10.9 Å². The third-order valence-electron chi connectivity index (χ3n) is 4.17. The number of thioether (sulfide) groups is 1. The Hall–Kier alpha value is -2.40. The van der Waals surface area contributed by atoms with Crippen LogP contribution in [0.15, 0.2) is 59.6 Å². The smallest absolute Gasteiger partial charge is 0.238 e. The van der Waals surface area contributed by atoms with Crippen LogP contribution in [0.5, 0.6) is 0 Å². The van der Waals surface area contributed by atoms with Gasteiger partial charge in [0, 0.05) is 11.4 Å². The monoisotopic (exact) mass is 349 g/mol. The minimum absolute atomic E-state index is 0.0547. The molecule has 1 aliphatic carbocycles. The van der Waals surface area contributed by atoms with Crippen molar-refractivity contribution < 1.29 is 4.79 Å². The minimum Gasteiger partial charge on any atom is -0.352 e. The van der Waals surface area contributed by atoms with Gasteiger partial charge in [0.2, 0.25) is 5.91 Å². The first-order valence-corrected chi connectivity index (χ1v) is 9.34. The molecule has 1 heterocycles. The van der Waals surface area contributed by atoms with Gasteiger partial charge in [-0.2, -0.15) is 0 Å².